The molecule has 0 bridgehead atoms. The minimum atomic E-state index is -0.593. The van der Waals surface area contributed by atoms with Crippen LogP contribution in [0.3, 0.4) is 0 Å². The van der Waals surface area contributed by atoms with Gasteiger partial charge in [-0.2, -0.15) is 0 Å². The largest absolute Gasteiger partial charge is 0.351 e. The molecule has 1 atom stereocenters. The van der Waals surface area contributed by atoms with Gasteiger partial charge in [0, 0.05) is 19.6 Å². The fraction of sp³-hybridized carbons (Fsp3) is 0.333. The summed E-state index contributed by atoms with van der Waals surface area (Å²) in [7, 11) is 0. The van der Waals surface area contributed by atoms with E-state index >= 15 is 0 Å². The van der Waals surface area contributed by atoms with Crippen LogP contribution in [0, 0.1) is 5.41 Å². The van der Waals surface area contributed by atoms with Crippen molar-refractivity contribution in [1.29, 1.82) is 0 Å². The molecule has 2 aromatic carbocycles. The van der Waals surface area contributed by atoms with Crippen molar-refractivity contribution in [3.63, 3.8) is 0 Å². The highest BCUT2D eigenvalue weighted by molar-refractivity contribution is 6.33. The van der Waals surface area contributed by atoms with E-state index < -0.39 is 5.41 Å². The highest BCUT2D eigenvalue weighted by Gasteiger charge is 2.39. The summed E-state index contributed by atoms with van der Waals surface area (Å²) in [6.45, 7) is 3.47. The molecule has 0 aliphatic carbocycles. The third kappa shape index (κ3) is 4.07. The quantitative estimate of drug-likeness (QED) is 0.887. The topological polar surface area (TPSA) is 49.4 Å². The van der Waals surface area contributed by atoms with E-state index in [1.54, 1.807) is 29.2 Å². The molecule has 2 amide bonds. The van der Waals surface area contributed by atoms with E-state index in [1.807, 2.05) is 37.3 Å². The predicted molar refractivity (Wildman–Crippen MR) is 103 cm³/mol. The Morgan fingerprint density at radius 2 is 1.81 bits per heavy atom. The van der Waals surface area contributed by atoms with Gasteiger partial charge in [-0.15, -0.1) is 0 Å². The van der Waals surface area contributed by atoms with Crippen LogP contribution in [0.25, 0.3) is 0 Å². The molecule has 5 heteroatoms. The lowest BCUT2D eigenvalue weighted by Gasteiger charge is -2.39. The van der Waals surface area contributed by atoms with E-state index in [1.165, 1.54) is 0 Å². The van der Waals surface area contributed by atoms with Gasteiger partial charge >= 0.3 is 0 Å². The fourth-order valence-electron chi connectivity index (χ4n) is 3.39. The lowest BCUT2D eigenvalue weighted by atomic mass is 9.80. The number of carbonyl (C=O) groups is 2. The molecule has 0 unspecified atom stereocenters. The van der Waals surface area contributed by atoms with Crippen LogP contribution in [0.15, 0.2) is 54.6 Å². The van der Waals surface area contributed by atoms with E-state index in [0.29, 0.717) is 30.2 Å². The summed E-state index contributed by atoms with van der Waals surface area (Å²) in [6, 6.07) is 16.9. The highest BCUT2D eigenvalue weighted by Crippen LogP contribution is 2.31. The number of amides is 2. The van der Waals surface area contributed by atoms with Crippen LogP contribution in [0.1, 0.15) is 35.7 Å². The zero-order valence-electron chi connectivity index (χ0n) is 14.9. The Kier molecular flexibility index (Phi) is 5.62. The number of hydrogen-bond donors (Lipinski definition) is 1. The average molecular weight is 371 g/mol. The molecule has 0 aromatic heterocycles. The third-order valence-corrected chi connectivity index (χ3v) is 5.26. The maximum Gasteiger partial charge on any atom is 0.255 e. The minimum absolute atomic E-state index is 0.0157. The first-order chi connectivity index (χ1) is 12.5. The van der Waals surface area contributed by atoms with Gasteiger partial charge in [0.2, 0.25) is 5.91 Å². The van der Waals surface area contributed by atoms with Crippen LogP contribution in [0.4, 0.5) is 0 Å². The van der Waals surface area contributed by atoms with E-state index in [0.717, 1.165) is 18.4 Å². The lowest BCUT2D eigenvalue weighted by molar-refractivity contribution is -0.132. The van der Waals surface area contributed by atoms with Crippen LogP contribution in [0.2, 0.25) is 5.02 Å². The average Bonchev–Trinajstić information content (AvgIpc) is 2.67. The molecule has 0 spiro atoms. The summed E-state index contributed by atoms with van der Waals surface area (Å²) in [5.74, 6) is -0.129. The van der Waals surface area contributed by atoms with E-state index in [-0.39, 0.29) is 11.8 Å². The Balaban J connectivity index is 1.67. The number of hydrogen-bond acceptors (Lipinski definition) is 2. The Bertz CT molecular complexity index is 794. The molecule has 1 aliphatic rings. The second kappa shape index (κ2) is 7.92. The number of piperidine rings is 1. The Morgan fingerprint density at radius 1 is 1.12 bits per heavy atom. The van der Waals surface area contributed by atoms with Gasteiger partial charge in [0.25, 0.3) is 5.91 Å². The second-order valence-electron chi connectivity index (χ2n) is 7.04. The van der Waals surface area contributed by atoms with Crippen LogP contribution in [-0.2, 0) is 11.3 Å². The number of halogens is 1. The number of nitrogens with zero attached hydrogens (tertiary/aromatic N) is 1. The molecule has 2 aromatic rings. The Hall–Kier alpha value is -2.33. The van der Waals surface area contributed by atoms with Crippen LogP contribution < -0.4 is 5.32 Å². The monoisotopic (exact) mass is 370 g/mol. The van der Waals surface area contributed by atoms with Gasteiger partial charge in [-0.05, 0) is 37.5 Å². The lowest BCUT2D eigenvalue weighted by Crippen LogP contribution is -2.51. The summed E-state index contributed by atoms with van der Waals surface area (Å²) < 4.78 is 0. The number of nitrogens with one attached hydrogen (secondary N) is 1. The number of benzene rings is 2. The van der Waals surface area contributed by atoms with Crippen molar-refractivity contribution in [3.8, 4) is 0 Å². The first-order valence-corrected chi connectivity index (χ1v) is 9.23. The molecule has 1 heterocycles. The van der Waals surface area contributed by atoms with Crippen molar-refractivity contribution in [3.05, 3.63) is 70.7 Å². The maximum absolute atomic E-state index is 12.8. The number of rotatable bonds is 4. The van der Waals surface area contributed by atoms with Crippen LogP contribution in [-0.4, -0.2) is 29.8 Å². The highest BCUT2D eigenvalue weighted by atomic mass is 35.5. The fourth-order valence-corrected chi connectivity index (χ4v) is 3.61. The molecule has 26 heavy (non-hydrogen) atoms. The molecule has 0 saturated carbocycles. The third-order valence-electron chi connectivity index (χ3n) is 4.93. The van der Waals surface area contributed by atoms with Crippen LogP contribution >= 0.6 is 11.6 Å². The molecule has 1 aliphatic heterocycles. The van der Waals surface area contributed by atoms with Crippen molar-refractivity contribution in [2.45, 2.75) is 26.3 Å². The maximum atomic E-state index is 12.8. The van der Waals surface area contributed by atoms with Crippen molar-refractivity contribution >= 4 is 23.4 Å². The molecule has 1 N–H and O–H groups in total. The molecule has 1 saturated heterocycles. The Morgan fingerprint density at radius 3 is 2.54 bits per heavy atom. The minimum Gasteiger partial charge on any atom is -0.351 e. The summed E-state index contributed by atoms with van der Waals surface area (Å²) in [6.07, 6.45) is 1.56. The molecular formula is C21H23ClN2O2. The van der Waals surface area contributed by atoms with E-state index in [4.69, 9.17) is 11.6 Å². The molecule has 4 nitrogen and oxygen atoms in total. The second-order valence-corrected chi connectivity index (χ2v) is 7.45. The van der Waals surface area contributed by atoms with Crippen molar-refractivity contribution in [2.75, 3.05) is 13.1 Å². The van der Waals surface area contributed by atoms with Crippen molar-refractivity contribution in [1.82, 2.24) is 10.2 Å². The SMILES string of the molecule is C[C@]1(C(=O)NCc2ccccc2)CCCN(C(=O)c2ccccc2Cl)C1. The van der Waals surface area contributed by atoms with Gasteiger partial charge in [-0.3, -0.25) is 9.59 Å². The Labute approximate surface area is 159 Å². The van der Waals surface area contributed by atoms with Crippen LogP contribution in [0.5, 0.6) is 0 Å². The number of carbonyl (C=O) groups excluding carboxylic acids is 2. The summed E-state index contributed by atoms with van der Waals surface area (Å²) in [5.41, 5.74) is 0.955. The summed E-state index contributed by atoms with van der Waals surface area (Å²) in [5, 5.41) is 3.46. The predicted octanol–water partition coefficient (Wildman–Crippen LogP) is 3.90. The molecular weight excluding hydrogens is 348 g/mol. The van der Waals surface area contributed by atoms with Gasteiger partial charge in [-0.1, -0.05) is 54.1 Å². The van der Waals surface area contributed by atoms with Gasteiger partial charge < -0.3 is 10.2 Å². The first kappa shape index (κ1) is 18.5. The van der Waals surface area contributed by atoms with E-state index in [9.17, 15) is 9.59 Å². The normalized spacial score (nSPS) is 19.8. The molecule has 136 valence electrons. The van der Waals surface area contributed by atoms with Gasteiger partial charge in [0.1, 0.15) is 0 Å². The first-order valence-electron chi connectivity index (χ1n) is 8.86. The molecule has 0 radical (unpaired) electrons. The zero-order chi connectivity index (χ0) is 18.6. The van der Waals surface area contributed by atoms with Gasteiger partial charge in [0.05, 0.1) is 16.0 Å². The van der Waals surface area contributed by atoms with Crippen molar-refractivity contribution in [2.24, 2.45) is 5.41 Å². The van der Waals surface area contributed by atoms with Gasteiger partial charge in [-0.25, -0.2) is 0 Å². The van der Waals surface area contributed by atoms with E-state index in [2.05, 4.69) is 5.32 Å². The smallest absolute Gasteiger partial charge is 0.255 e. The number of likely N-dealkylation sites (tertiary alicyclic amines) is 1. The summed E-state index contributed by atoms with van der Waals surface area (Å²) >= 11 is 6.16. The summed E-state index contributed by atoms with van der Waals surface area (Å²) in [4.78, 5) is 27.4. The van der Waals surface area contributed by atoms with Gasteiger partial charge in [0.15, 0.2) is 0 Å². The zero-order valence-corrected chi connectivity index (χ0v) is 15.6. The standard InChI is InChI=1S/C21H23ClN2O2/c1-21(20(26)23-14-16-8-3-2-4-9-16)12-7-13-24(15-21)19(25)17-10-5-6-11-18(17)22/h2-6,8-11H,7,12-15H2,1H3,(H,23,26)/t21-/m0/s1. The van der Waals surface area contributed by atoms with Crippen molar-refractivity contribution < 1.29 is 9.59 Å². The molecule has 3 rings (SSSR count). The molecule has 1 fully saturated rings.